The van der Waals surface area contributed by atoms with Crippen molar-refractivity contribution < 1.29 is 22.7 Å². The molecule has 0 unspecified atom stereocenters. The number of rotatable bonds is 7. The standard InChI is InChI=1S/C17H17ClN6O5S/c1-24-9-12(18)15(22-24)16(25)19-10-4-6-11(7-5-10)30(26,27)23-13-8-14(28-2)21-17(20-13)29-3/h4-9H,1-3H3,(H,19,25)(H,20,21,23). The van der Waals surface area contributed by atoms with Gasteiger partial charge in [0.1, 0.15) is 0 Å². The van der Waals surface area contributed by atoms with Crippen LogP contribution in [0.4, 0.5) is 11.5 Å². The fourth-order valence-electron chi connectivity index (χ4n) is 2.37. The zero-order valence-electron chi connectivity index (χ0n) is 16.1. The number of halogens is 1. The molecule has 0 fully saturated rings. The Morgan fingerprint density at radius 1 is 1.13 bits per heavy atom. The van der Waals surface area contributed by atoms with E-state index in [1.54, 1.807) is 7.05 Å². The number of aromatic nitrogens is 4. The van der Waals surface area contributed by atoms with Gasteiger partial charge in [0.15, 0.2) is 11.5 Å². The highest BCUT2D eigenvalue weighted by atomic mass is 35.5. The maximum Gasteiger partial charge on any atom is 0.321 e. The van der Waals surface area contributed by atoms with Crippen LogP contribution < -0.4 is 19.5 Å². The van der Waals surface area contributed by atoms with Crippen LogP contribution in [-0.4, -0.2) is 48.3 Å². The molecule has 1 amide bonds. The molecule has 0 aliphatic heterocycles. The molecule has 13 heteroatoms. The summed E-state index contributed by atoms with van der Waals surface area (Å²) in [6.07, 6.45) is 1.49. The molecule has 0 radical (unpaired) electrons. The molecule has 0 bridgehead atoms. The van der Waals surface area contributed by atoms with Crippen LogP contribution in [0.1, 0.15) is 10.5 Å². The highest BCUT2D eigenvalue weighted by molar-refractivity contribution is 7.92. The second-order valence-corrected chi connectivity index (χ2v) is 7.96. The number of sulfonamides is 1. The van der Waals surface area contributed by atoms with Gasteiger partial charge in [-0.2, -0.15) is 15.1 Å². The Kier molecular flexibility index (Phi) is 6.08. The third kappa shape index (κ3) is 4.78. The number of hydrogen-bond donors (Lipinski definition) is 2. The summed E-state index contributed by atoms with van der Waals surface area (Å²) in [7, 11) is 0.398. The second kappa shape index (κ2) is 8.55. The topological polar surface area (TPSA) is 137 Å². The number of benzene rings is 1. The van der Waals surface area contributed by atoms with Crippen LogP contribution in [0, 0.1) is 0 Å². The number of carbonyl (C=O) groups is 1. The average Bonchev–Trinajstić information content (AvgIpc) is 3.05. The second-order valence-electron chi connectivity index (χ2n) is 5.87. The molecule has 1 aromatic carbocycles. The van der Waals surface area contributed by atoms with Crippen LogP contribution in [-0.2, 0) is 17.1 Å². The van der Waals surface area contributed by atoms with Crippen LogP contribution in [0.3, 0.4) is 0 Å². The van der Waals surface area contributed by atoms with Gasteiger partial charge in [-0.3, -0.25) is 14.2 Å². The average molecular weight is 453 g/mol. The number of hydrogen-bond acceptors (Lipinski definition) is 8. The molecule has 0 spiro atoms. The molecule has 30 heavy (non-hydrogen) atoms. The van der Waals surface area contributed by atoms with E-state index in [9.17, 15) is 13.2 Å². The molecule has 2 aromatic heterocycles. The van der Waals surface area contributed by atoms with Crippen molar-refractivity contribution in [2.45, 2.75) is 4.90 Å². The minimum Gasteiger partial charge on any atom is -0.481 e. The predicted octanol–water partition coefficient (Wildman–Crippen LogP) is 1.93. The normalized spacial score (nSPS) is 11.1. The Morgan fingerprint density at radius 2 is 1.83 bits per heavy atom. The van der Waals surface area contributed by atoms with Gasteiger partial charge in [0, 0.05) is 25.0 Å². The quantitative estimate of drug-likeness (QED) is 0.554. The highest BCUT2D eigenvalue weighted by Crippen LogP contribution is 2.22. The van der Waals surface area contributed by atoms with E-state index in [1.807, 2.05) is 0 Å². The lowest BCUT2D eigenvalue weighted by Gasteiger charge is -2.10. The first-order valence-corrected chi connectivity index (χ1v) is 10.2. The summed E-state index contributed by atoms with van der Waals surface area (Å²) in [5.74, 6) is -0.416. The van der Waals surface area contributed by atoms with Crippen LogP contribution >= 0.6 is 11.6 Å². The summed E-state index contributed by atoms with van der Waals surface area (Å²) in [4.78, 5) is 20.0. The fourth-order valence-corrected chi connectivity index (χ4v) is 3.63. The lowest BCUT2D eigenvalue weighted by Crippen LogP contribution is -2.16. The van der Waals surface area contributed by atoms with E-state index >= 15 is 0 Å². The van der Waals surface area contributed by atoms with E-state index in [-0.39, 0.29) is 33.3 Å². The Morgan fingerprint density at radius 3 is 2.40 bits per heavy atom. The van der Waals surface area contributed by atoms with Crippen molar-refractivity contribution in [1.29, 1.82) is 0 Å². The van der Waals surface area contributed by atoms with Crippen molar-refractivity contribution >= 4 is 39.0 Å². The maximum atomic E-state index is 12.6. The SMILES string of the molecule is COc1cc(NS(=O)(=O)c2ccc(NC(=O)c3nn(C)cc3Cl)cc2)nc(OC)n1. The van der Waals surface area contributed by atoms with Crippen LogP contribution in [0.5, 0.6) is 11.9 Å². The van der Waals surface area contributed by atoms with Gasteiger partial charge in [0.25, 0.3) is 15.9 Å². The monoisotopic (exact) mass is 452 g/mol. The van der Waals surface area contributed by atoms with Gasteiger partial charge < -0.3 is 14.8 Å². The Hall–Kier alpha value is -3.38. The van der Waals surface area contributed by atoms with Crippen molar-refractivity contribution in [1.82, 2.24) is 19.7 Å². The fraction of sp³-hybridized carbons (Fsp3) is 0.176. The van der Waals surface area contributed by atoms with E-state index in [1.165, 1.54) is 55.4 Å². The third-order valence-corrected chi connectivity index (χ3v) is 5.38. The summed E-state index contributed by atoms with van der Waals surface area (Å²) in [6, 6.07) is 6.78. The lowest BCUT2D eigenvalue weighted by molar-refractivity contribution is 0.102. The number of nitrogens with zero attached hydrogens (tertiary/aromatic N) is 4. The smallest absolute Gasteiger partial charge is 0.321 e. The number of ether oxygens (including phenoxy) is 2. The maximum absolute atomic E-state index is 12.6. The summed E-state index contributed by atoms with van der Waals surface area (Å²) in [5.41, 5.74) is 0.426. The summed E-state index contributed by atoms with van der Waals surface area (Å²) < 4.78 is 38.9. The Balaban J connectivity index is 1.76. The summed E-state index contributed by atoms with van der Waals surface area (Å²) >= 11 is 5.95. The molecule has 0 atom stereocenters. The number of carbonyl (C=O) groups excluding carboxylic acids is 1. The highest BCUT2D eigenvalue weighted by Gasteiger charge is 2.18. The van der Waals surface area contributed by atoms with Gasteiger partial charge in [-0.1, -0.05) is 11.6 Å². The van der Waals surface area contributed by atoms with Gasteiger partial charge in [-0.05, 0) is 24.3 Å². The molecule has 158 valence electrons. The first-order chi connectivity index (χ1) is 14.2. The number of aryl methyl sites for hydroxylation is 1. The van der Waals surface area contributed by atoms with E-state index in [0.717, 1.165) is 0 Å². The van der Waals surface area contributed by atoms with Gasteiger partial charge in [0.05, 0.1) is 24.1 Å². The van der Waals surface area contributed by atoms with Crippen molar-refractivity contribution in [3.63, 3.8) is 0 Å². The van der Waals surface area contributed by atoms with Gasteiger partial charge >= 0.3 is 6.01 Å². The molecule has 3 rings (SSSR count). The van der Waals surface area contributed by atoms with Gasteiger partial charge in [-0.15, -0.1) is 0 Å². The first-order valence-electron chi connectivity index (χ1n) is 8.32. The summed E-state index contributed by atoms with van der Waals surface area (Å²) in [6.45, 7) is 0. The molecular formula is C17H17ClN6O5S. The van der Waals surface area contributed by atoms with Crippen LogP contribution in [0.15, 0.2) is 41.4 Å². The van der Waals surface area contributed by atoms with Crippen molar-refractivity contribution in [3.05, 3.63) is 47.2 Å². The molecule has 11 nitrogen and oxygen atoms in total. The minimum atomic E-state index is -3.96. The predicted molar refractivity (Wildman–Crippen MR) is 109 cm³/mol. The molecule has 0 saturated carbocycles. The zero-order chi connectivity index (χ0) is 21.9. The van der Waals surface area contributed by atoms with Crippen LogP contribution in [0.25, 0.3) is 0 Å². The Bertz CT molecular complexity index is 1160. The number of methoxy groups -OCH3 is 2. The minimum absolute atomic E-state index is 0.0270. The molecule has 0 saturated heterocycles. The number of amides is 1. The van der Waals surface area contributed by atoms with Gasteiger partial charge in [-0.25, -0.2) is 8.42 Å². The first kappa shape index (κ1) is 21.3. The third-order valence-electron chi connectivity index (χ3n) is 3.73. The molecule has 2 N–H and O–H groups in total. The molecular weight excluding hydrogens is 436 g/mol. The summed E-state index contributed by atoms with van der Waals surface area (Å²) in [5, 5.41) is 6.78. The van der Waals surface area contributed by atoms with E-state index in [2.05, 4.69) is 25.1 Å². The van der Waals surface area contributed by atoms with E-state index in [0.29, 0.717) is 5.69 Å². The zero-order valence-corrected chi connectivity index (χ0v) is 17.7. The van der Waals surface area contributed by atoms with Gasteiger partial charge in [0.2, 0.25) is 5.88 Å². The van der Waals surface area contributed by atoms with E-state index < -0.39 is 15.9 Å². The molecule has 3 aromatic rings. The lowest BCUT2D eigenvalue weighted by atomic mass is 10.3. The van der Waals surface area contributed by atoms with E-state index in [4.69, 9.17) is 21.1 Å². The van der Waals surface area contributed by atoms with Crippen molar-refractivity contribution in [2.75, 3.05) is 24.3 Å². The number of anilines is 2. The van der Waals surface area contributed by atoms with Crippen molar-refractivity contribution in [3.8, 4) is 11.9 Å². The Labute approximate surface area is 177 Å². The number of nitrogens with one attached hydrogen (secondary N) is 2. The molecule has 0 aliphatic rings. The van der Waals surface area contributed by atoms with Crippen molar-refractivity contribution in [2.24, 2.45) is 7.05 Å². The largest absolute Gasteiger partial charge is 0.481 e. The molecule has 0 aliphatic carbocycles. The molecule has 2 heterocycles. The van der Waals surface area contributed by atoms with Crippen LogP contribution in [0.2, 0.25) is 5.02 Å².